The van der Waals surface area contributed by atoms with Crippen LogP contribution < -0.4 is 10.5 Å². The van der Waals surface area contributed by atoms with Gasteiger partial charge in [-0.1, -0.05) is 43.3 Å². The van der Waals surface area contributed by atoms with Gasteiger partial charge < -0.3 is 15.5 Å². The van der Waals surface area contributed by atoms with E-state index in [4.69, 9.17) is 5.14 Å². The third-order valence-electron chi connectivity index (χ3n) is 3.93. The van der Waals surface area contributed by atoms with Crippen LogP contribution in [0, 0.1) is 5.92 Å². The van der Waals surface area contributed by atoms with E-state index >= 15 is 0 Å². The predicted molar refractivity (Wildman–Crippen MR) is 96.6 cm³/mol. The van der Waals surface area contributed by atoms with Gasteiger partial charge in [0.15, 0.2) is 0 Å². The van der Waals surface area contributed by atoms with Crippen molar-refractivity contribution in [2.24, 2.45) is 11.1 Å². The smallest absolute Gasteiger partial charge is 0.241 e. The number of phenolic OH excluding ortho intramolecular Hbond substituents is 1. The standard InChI is InChI=1S/C18H24N2O4S/c1-13(9-14-5-3-2-4-6-14)11-20-12-17(22)15-7-8-16(21)18(10-15)25(19,23)24/h2-8,10,13,17,20-22H,9,11-12H2,1H3,(H2,19,23,24). The molecule has 0 saturated heterocycles. The molecular weight excluding hydrogens is 340 g/mol. The van der Waals surface area contributed by atoms with E-state index in [1.165, 1.54) is 23.8 Å². The lowest BCUT2D eigenvalue weighted by Gasteiger charge is -2.16. The fraction of sp³-hybridized carbons (Fsp3) is 0.333. The second kappa shape index (κ2) is 8.44. The van der Waals surface area contributed by atoms with Gasteiger partial charge in [-0.15, -0.1) is 0 Å². The molecule has 0 amide bonds. The summed E-state index contributed by atoms with van der Waals surface area (Å²) in [4.78, 5) is -0.388. The van der Waals surface area contributed by atoms with Crippen LogP contribution >= 0.6 is 0 Å². The van der Waals surface area contributed by atoms with Crippen LogP contribution in [-0.4, -0.2) is 31.7 Å². The summed E-state index contributed by atoms with van der Waals surface area (Å²) in [5.41, 5.74) is 1.64. The minimum atomic E-state index is -4.04. The molecule has 0 saturated carbocycles. The highest BCUT2D eigenvalue weighted by atomic mass is 32.2. The summed E-state index contributed by atoms with van der Waals surface area (Å²) >= 11 is 0. The molecule has 0 bridgehead atoms. The minimum absolute atomic E-state index is 0.272. The lowest BCUT2D eigenvalue weighted by Crippen LogP contribution is -2.27. The molecule has 6 nitrogen and oxygen atoms in total. The Balaban J connectivity index is 1.89. The third-order valence-corrected chi connectivity index (χ3v) is 4.87. The zero-order valence-corrected chi connectivity index (χ0v) is 14.9. The Kier molecular flexibility index (Phi) is 6.55. The molecule has 2 aromatic rings. The van der Waals surface area contributed by atoms with Gasteiger partial charge in [0.1, 0.15) is 10.6 Å². The Bertz CT molecular complexity index is 794. The predicted octanol–water partition coefficient (Wildman–Crippen LogP) is 1.54. The molecule has 25 heavy (non-hydrogen) atoms. The fourth-order valence-corrected chi connectivity index (χ4v) is 3.30. The van der Waals surface area contributed by atoms with Crippen LogP contribution in [0.2, 0.25) is 0 Å². The summed E-state index contributed by atoms with van der Waals surface area (Å²) in [6.45, 7) is 3.10. The average Bonchev–Trinajstić information content (AvgIpc) is 2.55. The number of benzene rings is 2. The van der Waals surface area contributed by atoms with E-state index in [9.17, 15) is 18.6 Å². The lowest BCUT2D eigenvalue weighted by atomic mass is 10.0. The topological polar surface area (TPSA) is 113 Å². The van der Waals surface area contributed by atoms with Crippen LogP contribution in [0.1, 0.15) is 24.2 Å². The Labute approximate surface area is 148 Å². The first kappa shape index (κ1) is 19.4. The second-order valence-corrected chi connectivity index (χ2v) is 7.77. The summed E-state index contributed by atoms with van der Waals surface area (Å²) in [6, 6.07) is 14.0. The molecule has 2 aromatic carbocycles. The zero-order valence-electron chi connectivity index (χ0n) is 14.1. The van der Waals surface area contributed by atoms with Gasteiger partial charge in [0.25, 0.3) is 0 Å². The van der Waals surface area contributed by atoms with Gasteiger partial charge in [0.2, 0.25) is 10.0 Å². The Hall–Kier alpha value is -1.93. The van der Waals surface area contributed by atoms with E-state index in [1.807, 2.05) is 18.2 Å². The molecule has 0 heterocycles. The Morgan fingerprint density at radius 3 is 2.44 bits per heavy atom. The number of aromatic hydroxyl groups is 1. The zero-order chi connectivity index (χ0) is 18.4. The van der Waals surface area contributed by atoms with Crippen molar-refractivity contribution in [2.75, 3.05) is 13.1 Å². The summed E-state index contributed by atoms with van der Waals surface area (Å²) in [5.74, 6) is -0.0442. The van der Waals surface area contributed by atoms with Gasteiger partial charge in [0, 0.05) is 6.54 Å². The highest BCUT2D eigenvalue weighted by Crippen LogP contribution is 2.25. The molecule has 0 aliphatic heterocycles. The van der Waals surface area contributed by atoms with Crippen LogP contribution in [0.25, 0.3) is 0 Å². The fourth-order valence-electron chi connectivity index (χ4n) is 2.64. The molecule has 0 fully saturated rings. The minimum Gasteiger partial charge on any atom is -0.507 e. The number of nitrogens with one attached hydrogen (secondary N) is 1. The monoisotopic (exact) mass is 364 g/mol. The van der Waals surface area contributed by atoms with Gasteiger partial charge in [-0.3, -0.25) is 0 Å². The molecule has 136 valence electrons. The van der Waals surface area contributed by atoms with Gasteiger partial charge in [-0.2, -0.15) is 0 Å². The van der Waals surface area contributed by atoms with Crippen LogP contribution in [0.15, 0.2) is 53.4 Å². The lowest BCUT2D eigenvalue weighted by molar-refractivity contribution is 0.172. The summed E-state index contributed by atoms with van der Waals surface area (Å²) < 4.78 is 22.9. The first-order chi connectivity index (χ1) is 11.8. The van der Waals surface area contributed by atoms with E-state index in [0.29, 0.717) is 18.0 Å². The third kappa shape index (κ3) is 5.82. The second-order valence-electron chi connectivity index (χ2n) is 6.24. The van der Waals surface area contributed by atoms with E-state index < -0.39 is 21.9 Å². The molecular formula is C18H24N2O4S. The molecule has 0 aromatic heterocycles. The first-order valence-electron chi connectivity index (χ1n) is 8.06. The maximum Gasteiger partial charge on any atom is 0.241 e. The molecule has 0 spiro atoms. The van der Waals surface area contributed by atoms with Crippen LogP contribution in [0.3, 0.4) is 0 Å². The molecule has 2 unspecified atom stereocenters. The Morgan fingerprint density at radius 2 is 1.80 bits per heavy atom. The molecule has 5 N–H and O–H groups in total. The van der Waals surface area contributed by atoms with E-state index in [1.54, 1.807) is 0 Å². The van der Waals surface area contributed by atoms with Crippen molar-refractivity contribution in [1.82, 2.24) is 5.32 Å². The number of phenols is 1. The van der Waals surface area contributed by atoms with Crippen molar-refractivity contribution in [3.8, 4) is 5.75 Å². The maximum atomic E-state index is 11.4. The highest BCUT2D eigenvalue weighted by Gasteiger charge is 2.17. The summed E-state index contributed by atoms with van der Waals surface area (Å²) in [6.07, 6.45) is 0.0312. The number of sulfonamides is 1. The SMILES string of the molecule is CC(CNCC(O)c1ccc(O)c(S(N)(=O)=O)c1)Cc1ccccc1. The molecule has 0 aliphatic carbocycles. The number of primary sulfonamides is 1. The average molecular weight is 364 g/mol. The van der Waals surface area contributed by atoms with Gasteiger partial charge in [-0.05, 0) is 42.1 Å². The number of nitrogens with two attached hydrogens (primary N) is 1. The first-order valence-corrected chi connectivity index (χ1v) is 9.60. The highest BCUT2D eigenvalue weighted by molar-refractivity contribution is 7.89. The van der Waals surface area contributed by atoms with Crippen molar-refractivity contribution in [3.05, 3.63) is 59.7 Å². The Morgan fingerprint density at radius 1 is 1.12 bits per heavy atom. The molecule has 0 aliphatic rings. The van der Waals surface area contributed by atoms with E-state index in [0.717, 1.165) is 6.42 Å². The molecule has 2 atom stereocenters. The van der Waals surface area contributed by atoms with Gasteiger partial charge >= 0.3 is 0 Å². The van der Waals surface area contributed by atoms with Crippen LogP contribution in [-0.2, 0) is 16.4 Å². The maximum absolute atomic E-state index is 11.4. The van der Waals surface area contributed by atoms with Gasteiger partial charge in [0.05, 0.1) is 6.10 Å². The number of rotatable bonds is 8. The summed E-state index contributed by atoms with van der Waals surface area (Å²) in [5, 5.41) is 28.0. The number of aliphatic hydroxyl groups excluding tert-OH is 1. The van der Waals surface area contributed by atoms with Crippen molar-refractivity contribution in [3.63, 3.8) is 0 Å². The van der Waals surface area contributed by atoms with Crippen molar-refractivity contribution < 1.29 is 18.6 Å². The number of hydrogen-bond acceptors (Lipinski definition) is 5. The normalized spacial score (nSPS) is 14.2. The van der Waals surface area contributed by atoms with E-state index in [2.05, 4.69) is 24.4 Å². The number of aliphatic hydroxyl groups is 1. The summed E-state index contributed by atoms with van der Waals surface area (Å²) in [7, 11) is -4.04. The van der Waals surface area contributed by atoms with Crippen molar-refractivity contribution in [2.45, 2.75) is 24.3 Å². The number of hydrogen-bond donors (Lipinski definition) is 4. The molecule has 0 radical (unpaired) electrons. The molecule has 7 heteroatoms. The van der Waals surface area contributed by atoms with Gasteiger partial charge in [-0.25, -0.2) is 13.6 Å². The molecule has 2 rings (SSSR count). The largest absolute Gasteiger partial charge is 0.507 e. The van der Waals surface area contributed by atoms with Crippen LogP contribution in [0.5, 0.6) is 5.75 Å². The van der Waals surface area contributed by atoms with E-state index in [-0.39, 0.29) is 11.4 Å². The quantitative estimate of drug-likeness (QED) is 0.568. The van der Waals surface area contributed by atoms with Crippen molar-refractivity contribution >= 4 is 10.0 Å². The van der Waals surface area contributed by atoms with Crippen LogP contribution in [0.4, 0.5) is 0 Å². The van der Waals surface area contributed by atoms with Crippen molar-refractivity contribution in [1.29, 1.82) is 0 Å².